The number of aliphatic carboxylic acids is 1. The molecule has 0 aromatic heterocycles. The van der Waals surface area contributed by atoms with E-state index in [9.17, 15) is 23.1 Å². The summed E-state index contributed by atoms with van der Waals surface area (Å²) in [6.45, 7) is 0. The largest absolute Gasteiger partial charge is 0.544 e. The first-order valence-electron chi connectivity index (χ1n) is 4.03. The van der Waals surface area contributed by atoms with Crippen molar-refractivity contribution in [2.45, 2.75) is 12.0 Å². The molecule has 0 aliphatic rings. The molecule has 0 spiro atoms. The first-order valence-corrected chi connectivity index (χ1v) is 4.03. The third kappa shape index (κ3) is 2.27. The molecule has 3 nitrogen and oxygen atoms in total. The second kappa shape index (κ2) is 3.90. The smallest absolute Gasteiger partial charge is 0.328 e. The summed E-state index contributed by atoms with van der Waals surface area (Å²) in [7, 11) is 0. The van der Waals surface area contributed by atoms with Gasteiger partial charge in [-0.05, 0) is 24.3 Å². The SMILES string of the molecule is [NH3+][C@H](C(=O)[O-])C(F)(F)c1ccc(F)cc1. The van der Waals surface area contributed by atoms with E-state index >= 15 is 0 Å². The van der Waals surface area contributed by atoms with E-state index in [4.69, 9.17) is 0 Å². The van der Waals surface area contributed by atoms with Gasteiger partial charge in [0, 0.05) is 5.56 Å². The van der Waals surface area contributed by atoms with Gasteiger partial charge in [0.15, 0.2) is 6.04 Å². The van der Waals surface area contributed by atoms with E-state index in [-0.39, 0.29) is 0 Å². The van der Waals surface area contributed by atoms with Gasteiger partial charge in [-0.2, -0.15) is 8.78 Å². The van der Waals surface area contributed by atoms with Gasteiger partial charge in [0.05, 0.1) is 0 Å². The Hall–Kier alpha value is -1.56. The fraction of sp³-hybridized carbons (Fsp3) is 0.222. The molecule has 0 aliphatic heterocycles. The predicted molar refractivity (Wildman–Crippen MR) is 42.0 cm³/mol. The Balaban J connectivity index is 3.05. The molecular formula is C9H8F3NO2. The number of benzene rings is 1. The van der Waals surface area contributed by atoms with Gasteiger partial charge in [-0.15, -0.1) is 0 Å². The Morgan fingerprint density at radius 2 is 1.80 bits per heavy atom. The number of carbonyl (C=O) groups excluding carboxylic acids is 1. The molecule has 1 atom stereocenters. The molecule has 0 saturated heterocycles. The van der Waals surface area contributed by atoms with Gasteiger partial charge < -0.3 is 15.6 Å². The summed E-state index contributed by atoms with van der Waals surface area (Å²) in [5.74, 6) is -6.31. The van der Waals surface area contributed by atoms with E-state index in [1.54, 1.807) is 0 Å². The number of hydrogen-bond acceptors (Lipinski definition) is 2. The molecule has 0 amide bonds. The Kier molecular flexibility index (Phi) is 2.99. The van der Waals surface area contributed by atoms with Crippen LogP contribution < -0.4 is 10.8 Å². The summed E-state index contributed by atoms with van der Waals surface area (Å²) in [4.78, 5) is 10.3. The number of alkyl halides is 2. The third-order valence-corrected chi connectivity index (χ3v) is 1.95. The summed E-state index contributed by atoms with van der Waals surface area (Å²) >= 11 is 0. The maximum Gasteiger partial charge on any atom is 0.328 e. The molecular weight excluding hydrogens is 211 g/mol. The van der Waals surface area contributed by atoms with Crippen molar-refractivity contribution in [3.63, 3.8) is 0 Å². The maximum atomic E-state index is 13.3. The van der Waals surface area contributed by atoms with Gasteiger partial charge in [-0.1, -0.05) is 0 Å². The lowest BCUT2D eigenvalue weighted by Gasteiger charge is -2.21. The zero-order valence-corrected chi connectivity index (χ0v) is 7.54. The number of rotatable bonds is 3. The number of hydrogen-bond donors (Lipinski definition) is 1. The fourth-order valence-electron chi connectivity index (χ4n) is 1.02. The van der Waals surface area contributed by atoms with Gasteiger partial charge in [0.25, 0.3) is 0 Å². The number of quaternary nitrogens is 1. The third-order valence-electron chi connectivity index (χ3n) is 1.95. The standard InChI is InChI=1S/C9H8F3NO2/c10-6-3-1-5(2-4-6)9(11,12)7(13)8(14)15/h1-4,7H,13H2,(H,14,15)/t7-/m1/s1. The second-order valence-corrected chi connectivity index (χ2v) is 3.00. The molecule has 1 aromatic rings. The van der Waals surface area contributed by atoms with Crippen molar-refractivity contribution in [3.8, 4) is 0 Å². The van der Waals surface area contributed by atoms with Crippen LogP contribution in [0.5, 0.6) is 0 Å². The molecule has 1 rings (SSSR count). The summed E-state index contributed by atoms with van der Waals surface area (Å²) in [6, 6.07) is 1.08. The van der Waals surface area contributed by atoms with Crippen LogP contribution in [0.3, 0.4) is 0 Å². The normalized spacial score (nSPS) is 13.6. The Morgan fingerprint density at radius 3 is 2.20 bits per heavy atom. The molecule has 82 valence electrons. The van der Waals surface area contributed by atoms with Crippen molar-refractivity contribution in [1.29, 1.82) is 0 Å². The van der Waals surface area contributed by atoms with Gasteiger partial charge in [0.2, 0.25) is 0 Å². The fourth-order valence-corrected chi connectivity index (χ4v) is 1.02. The summed E-state index contributed by atoms with van der Waals surface area (Å²) in [5, 5.41) is 10.3. The van der Waals surface area contributed by atoms with Crippen LogP contribution in [-0.4, -0.2) is 12.0 Å². The highest BCUT2D eigenvalue weighted by Crippen LogP contribution is 2.29. The van der Waals surface area contributed by atoms with E-state index < -0.39 is 29.3 Å². The van der Waals surface area contributed by atoms with Gasteiger partial charge in [-0.3, -0.25) is 0 Å². The topological polar surface area (TPSA) is 67.8 Å². The van der Waals surface area contributed by atoms with Crippen LogP contribution in [-0.2, 0) is 10.7 Å². The quantitative estimate of drug-likeness (QED) is 0.728. The van der Waals surface area contributed by atoms with E-state index in [0.717, 1.165) is 24.3 Å². The zero-order chi connectivity index (χ0) is 11.6. The molecule has 0 bridgehead atoms. The second-order valence-electron chi connectivity index (χ2n) is 3.00. The lowest BCUT2D eigenvalue weighted by Crippen LogP contribution is -2.74. The maximum absolute atomic E-state index is 13.3. The number of halogens is 3. The molecule has 0 aliphatic carbocycles. The van der Waals surface area contributed by atoms with Crippen LogP contribution in [0.25, 0.3) is 0 Å². The van der Waals surface area contributed by atoms with Crippen LogP contribution in [0.2, 0.25) is 0 Å². The van der Waals surface area contributed by atoms with Crippen molar-refractivity contribution >= 4 is 5.97 Å². The summed E-state index contributed by atoms with van der Waals surface area (Å²) in [5.41, 5.74) is 2.20. The monoisotopic (exact) mass is 219 g/mol. The van der Waals surface area contributed by atoms with Crippen LogP contribution in [0.15, 0.2) is 24.3 Å². The van der Waals surface area contributed by atoms with Crippen molar-refractivity contribution < 1.29 is 28.8 Å². The molecule has 1 aromatic carbocycles. The van der Waals surface area contributed by atoms with Crippen LogP contribution in [0.4, 0.5) is 13.2 Å². The zero-order valence-electron chi connectivity index (χ0n) is 7.54. The minimum Gasteiger partial charge on any atom is -0.544 e. The Morgan fingerprint density at radius 1 is 1.33 bits per heavy atom. The average molecular weight is 219 g/mol. The minimum atomic E-state index is -3.67. The first-order chi connectivity index (χ1) is 6.85. The van der Waals surface area contributed by atoms with E-state index in [2.05, 4.69) is 5.73 Å². The lowest BCUT2D eigenvalue weighted by atomic mass is 10.0. The van der Waals surface area contributed by atoms with Gasteiger partial charge in [0.1, 0.15) is 11.8 Å². The van der Waals surface area contributed by atoms with E-state index in [1.165, 1.54) is 0 Å². The first kappa shape index (κ1) is 11.5. The summed E-state index contributed by atoms with van der Waals surface area (Å²) < 4.78 is 39.1. The highest BCUT2D eigenvalue weighted by molar-refractivity contribution is 5.71. The molecule has 0 unspecified atom stereocenters. The minimum absolute atomic E-state index is 0.604. The van der Waals surface area contributed by atoms with E-state index in [1.807, 2.05) is 0 Å². The molecule has 0 radical (unpaired) electrons. The highest BCUT2D eigenvalue weighted by Gasteiger charge is 2.43. The van der Waals surface area contributed by atoms with Crippen molar-refractivity contribution in [2.24, 2.45) is 0 Å². The molecule has 0 saturated carbocycles. The van der Waals surface area contributed by atoms with E-state index in [0.29, 0.717) is 0 Å². The molecule has 0 fully saturated rings. The summed E-state index contributed by atoms with van der Waals surface area (Å²) in [6.07, 6.45) is 0. The highest BCUT2D eigenvalue weighted by atomic mass is 19.3. The molecule has 3 N–H and O–H groups in total. The average Bonchev–Trinajstić information content (AvgIpc) is 2.17. The van der Waals surface area contributed by atoms with Crippen molar-refractivity contribution in [2.75, 3.05) is 0 Å². The Labute approximate surface area is 83.3 Å². The lowest BCUT2D eigenvalue weighted by molar-refractivity contribution is -0.474. The number of carboxylic acid groups (broad SMARTS) is 1. The van der Waals surface area contributed by atoms with Crippen LogP contribution >= 0.6 is 0 Å². The van der Waals surface area contributed by atoms with Gasteiger partial charge in [-0.25, -0.2) is 4.39 Å². The van der Waals surface area contributed by atoms with Crippen molar-refractivity contribution in [3.05, 3.63) is 35.6 Å². The van der Waals surface area contributed by atoms with Gasteiger partial charge >= 0.3 is 5.92 Å². The van der Waals surface area contributed by atoms with Crippen LogP contribution in [0, 0.1) is 5.82 Å². The van der Waals surface area contributed by atoms with Crippen molar-refractivity contribution in [1.82, 2.24) is 0 Å². The van der Waals surface area contributed by atoms with Crippen LogP contribution in [0.1, 0.15) is 5.56 Å². The molecule has 15 heavy (non-hydrogen) atoms. The number of carbonyl (C=O) groups is 1. The predicted octanol–water partition coefficient (Wildman–Crippen LogP) is -0.722. The number of carboxylic acids is 1. The molecule has 0 heterocycles. The molecule has 6 heteroatoms. The Bertz CT molecular complexity index is 364.